The monoisotopic (exact) mass is 287 g/mol. The largest absolute Gasteiger partial charge is 0.382 e. The van der Waals surface area contributed by atoms with Gasteiger partial charge in [0, 0.05) is 23.8 Å². The van der Waals surface area contributed by atoms with Crippen molar-refractivity contribution in [3.05, 3.63) is 30.6 Å². The SMILES string of the molecule is CCOC1CC(Nc2cccc(-n3cnnn3)c2)C1(C)C. The topological polar surface area (TPSA) is 64.9 Å². The van der Waals surface area contributed by atoms with Gasteiger partial charge in [-0.25, -0.2) is 4.68 Å². The van der Waals surface area contributed by atoms with Crippen molar-refractivity contribution in [2.24, 2.45) is 5.41 Å². The second-order valence-electron chi connectivity index (χ2n) is 6.00. The highest BCUT2D eigenvalue weighted by atomic mass is 16.5. The second kappa shape index (κ2) is 5.44. The molecular formula is C15H21N5O. The molecular weight excluding hydrogens is 266 g/mol. The number of hydrogen-bond acceptors (Lipinski definition) is 5. The Morgan fingerprint density at radius 3 is 2.95 bits per heavy atom. The van der Waals surface area contributed by atoms with Crippen LogP contribution in [-0.4, -0.2) is 39.0 Å². The van der Waals surface area contributed by atoms with Gasteiger partial charge in [-0.15, -0.1) is 5.10 Å². The van der Waals surface area contributed by atoms with E-state index >= 15 is 0 Å². The number of nitrogens with zero attached hydrogens (tertiary/aromatic N) is 4. The van der Waals surface area contributed by atoms with Crippen molar-refractivity contribution in [3.63, 3.8) is 0 Å². The quantitative estimate of drug-likeness (QED) is 0.914. The lowest BCUT2D eigenvalue weighted by Gasteiger charge is -2.52. The zero-order valence-electron chi connectivity index (χ0n) is 12.7. The van der Waals surface area contributed by atoms with Gasteiger partial charge in [0.05, 0.1) is 11.8 Å². The summed E-state index contributed by atoms with van der Waals surface area (Å²) in [6.07, 6.45) is 2.97. The standard InChI is InChI=1S/C15H21N5O/c1-4-21-14-9-13(15(14,2)3)17-11-6-5-7-12(8-11)20-10-16-18-19-20/h5-8,10,13-14,17H,4,9H2,1-3H3. The molecule has 0 radical (unpaired) electrons. The summed E-state index contributed by atoms with van der Waals surface area (Å²) in [6, 6.07) is 8.53. The molecule has 2 aromatic rings. The van der Waals surface area contributed by atoms with Crippen LogP contribution < -0.4 is 5.32 Å². The molecule has 1 aromatic carbocycles. The summed E-state index contributed by atoms with van der Waals surface area (Å²) in [4.78, 5) is 0. The van der Waals surface area contributed by atoms with Crippen LogP contribution in [0.2, 0.25) is 0 Å². The van der Waals surface area contributed by atoms with E-state index in [4.69, 9.17) is 4.74 Å². The predicted octanol–water partition coefficient (Wildman–Crippen LogP) is 2.28. The van der Waals surface area contributed by atoms with Gasteiger partial charge in [-0.05, 0) is 42.0 Å². The van der Waals surface area contributed by atoms with Gasteiger partial charge in [-0.3, -0.25) is 0 Å². The lowest BCUT2D eigenvalue weighted by molar-refractivity contribution is -0.0975. The minimum absolute atomic E-state index is 0.140. The molecule has 1 heterocycles. The van der Waals surface area contributed by atoms with Gasteiger partial charge in [0.15, 0.2) is 0 Å². The van der Waals surface area contributed by atoms with Crippen molar-refractivity contribution in [2.45, 2.75) is 39.3 Å². The first kappa shape index (κ1) is 14.0. The molecule has 1 aromatic heterocycles. The fraction of sp³-hybridized carbons (Fsp3) is 0.533. The zero-order chi connectivity index (χ0) is 14.9. The van der Waals surface area contributed by atoms with Gasteiger partial charge >= 0.3 is 0 Å². The van der Waals surface area contributed by atoms with E-state index < -0.39 is 0 Å². The third kappa shape index (κ3) is 2.63. The zero-order valence-corrected chi connectivity index (χ0v) is 12.7. The summed E-state index contributed by atoms with van der Waals surface area (Å²) in [5, 5.41) is 14.8. The highest BCUT2D eigenvalue weighted by Crippen LogP contribution is 2.44. The van der Waals surface area contributed by atoms with Crippen molar-refractivity contribution in [1.29, 1.82) is 0 Å². The minimum atomic E-state index is 0.140. The molecule has 1 fully saturated rings. The number of tetrazole rings is 1. The van der Waals surface area contributed by atoms with E-state index in [2.05, 4.69) is 46.8 Å². The van der Waals surface area contributed by atoms with Crippen LogP contribution in [0.1, 0.15) is 27.2 Å². The molecule has 3 rings (SSSR count). The third-order valence-corrected chi connectivity index (χ3v) is 4.35. The van der Waals surface area contributed by atoms with Crippen LogP contribution in [0, 0.1) is 5.41 Å². The fourth-order valence-corrected chi connectivity index (χ4v) is 2.83. The van der Waals surface area contributed by atoms with Gasteiger partial charge in [0.25, 0.3) is 0 Å². The van der Waals surface area contributed by atoms with E-state index in [1.165, 1.54) is 0 Å². The summed E-state index contributed by atoms with van der Waals surface area (Å²) in [7, 11) is 0. The lowest BCUT2D eigenvalue weighted by atomic mass is 9.64. The highest BCUT2D eigenvalue weighted by molar-refractivity contribution is 5.52. The van der Waals surface area contributed by atoms with Gasteiger partial charge in [0.2, 0.25) is 0 Å². The van der Waals surface area contributed by atoms with E-state index in [-0.39, 0.29) is 5.41 Å². The number of hydrogen-bond donors (Lipinski definition) is 1. The maximum absolute atomic E-state index is 5.77. The second-order valence-corrected chi connectivity index (χ2v) is 6.00. The average molecular weight is 287 g/mol. The Bertz CT molecular complexity index is 596. The van der Waals surface area contributed by atoms with Crippen LogP contribution in [0.3, 0.4) is 0 Å². The van der Waals surface area contributed by atoms with Crippen molar-refractivity contribution >= 4 is 5.69 Å². The molecule has 2 unspecified atom stereocenters. The molecule has 0 amide bonds. The molecule has 0 saturated heterocycles. The van der Waals surface area contributed by atoms with Crippen molar-refractivity contribution in [3.8, 4) is 5.69 Å². The van der Waals surface area contributed by atoms with E-state index in [9.17, 15) is 0 Å². The normalized spacial score (nSPS) is 23.6. The molecule has 1 aliphatic rings. The van der Waals surface area contributed by atoms with Crippen molar-refractivity contribution in [1.82, 2.24) is 20.2 Å². The summed E-state index contributed by atoms with van der Waals surface area (Å²) in [5.41, 5.74) is 2.17. The Morgan fingerprint density at radius 2 is 2.29 bits per heavy atom. The smallest absolute Gasteiger partial charge is 0.143 e. The molecule has 1 N–H and O–H groups in total. The maximum atomic E-state index is 5.77. The number of ether oxygens (including phenoxy) is 1. The first-order valence-corrected chi connectivity index (χ1v) is 7.33. The van der Waals surface area contributed by atoms with Gasteiger partial charge < -0.3 is 10.1 Å². The lowest BCUT2D eigenvalue weighted by Crippen LogP contribution is -2.58. The predicted molar refractivity (Wildman–Crippen MR) is 80.4 cm³/mol. The Kier molecular flexibility index (Phi) is 3.63. The van der Waals surface area contributed by atoms with E-state index in [1.807, 2.05) is 19.1 Å². The summed E-state index contributed by atoms with van der Waals surface area (Å²) in [5.74, 6) is 0. The molecule has 2 atom stereocenters. The summed E-state index contributed by atoms with van der Waals surface area (Å²) >= 11 is 0. The fourth-order valence-electron chi connectivity index (χ4n) is 2.83. The van der Waals surface area contributed by atoms with Crippen molar-refractivity contribution in [2.75, 3.05) is 11.9 Å². The van der Waals surface area contributed by atoms with Gasteiger partial charge in [0.1, 0.15) is 6.33 Å². The van der Waals surface area contributed by atoms with Crippen LogP contribution in [0.25, 0.3) is 5.69 Å². The Balaban J connectivity index is 1.71. The number of anilines is 1. The molecule has 112 valence electrons. The Hall–Kier alpha value is -1.95. The Labute approximate surface area is 124 Å². The van der Waals surface area contributed by atoms with Crippen LogP contribution in [0.4, 0.5) is 5.69 Å². The molecule has 0 bridgehead atoms. The highest BCUT2D eigenvalue weighted by Gasteiger charge is 2.48. The maximum Gasteiger partial charge on any atom is 0.143 e. The molecule has 21 heavy (non-hydrogen) atoms. The van der Waals surface area contributed by atoms with E-state index in [1.54, 1.807) is 11.0 Å². The van der Waals surface area contributed by atoms with Crippen molar-refractivity contribution < 1.29 is 4.74 Å². The number of benzene rings is 1. The van der Waals surface area contributed by atoms with Crippen LogP contribution >= 0.6 is 0 Å². The number of rotatable bonds is 5. The molecule has 0 aliphatic heterocycles. The average Bonchev–Trinajstić information content (AvgIpc) is 3.01. The molecule has 1 saturated carbocycles. The number of aromatic nitrogens is 4. The van der Waals surface area contributed by atoms with Crippen LogP contribution in [-0.2, 0) is 4.74 Å². The molecule has 6 nitrogen and oxygen atoms in total. The van der Waals surface area contributed by atoms with E-state index in [0.29, 0.717) is 12.1 Å². The summed E-state index contributed by atoms with van der Waals surface area (Å²) < 4.78 is 7.43. The Morgan fingerprint density at radius 1 is 1.43 bits per heavy atom. The molecule has 6 heteroatoms. The third-order valence-electron chi connectivity index (χ3n) is 4.35. The van der Waals surface area contributed by atoms with Crippen LogP contribution in [0.15, 0.2) is 30.6 Å². The van der Waals surface area contributed by atoms with Crippen LogP contribution in [0.5, 0.6) is 0 Å². The first-order chi connectivity index (χ1) is 10.1. The van der Waals surface area contributed by atoms with Gasteiger partial charge in [-0.1, -0.05) is 19.9 Å². The molecule has 0 spiro atoms. The minimum Gasteiger partial charge on any atom is -0.382 e. The summed E-state index contributed by atoms with van der Waals surface area (Å²) in [6.45, 7) is 7.32. The molecule has 1 aliphatic carbocycles. The van der Waals surface area contributed by atoms with E-state index in [0.717, 1.165) is 24.4 Å². The first-order valence-electron chi connectivity index (χ1n) is 7.33. The number of nitrogens with one attached hydrogen (secondary N) is 1. The van der Waals surface area contributed by atoms with Gasteiger partial charge in [-0.2, -0.15) is 0 Å².